The zero-order chi connectivity index (χ0) is 69.7. The van der Waals surface area contributed by atoms with Crippen LogP contribution in [0.4, 0.5) is 26.3 Å². The third-order valence-corrected chi connectivity index (χ3v) is 14.1. The van der Waals surface area contributed by atoms with E-state index in [4.69, 9.17) is 21.0 Å². The number of carboxylic acid groups (broad SMARTS) is 1. The van der Waals surface area contributed by atoms with E-state index in [0.29, 0.717) is 44.7 Å². The number of nitrogens with zero attached hydrogens (tertiary/aromatic N) is 2. The fraction of sp³-hybridized carbons (Fsp3) is 0.288. The number of benzene rings is 6. The molecule has 0 radical (unpaired) electrons. The molecule has 556 valence electrons. The number of halogens is 14. The molecule has 1 amide bonds. The minimum Gasteiger partial charge on any atom is -0.478 e. The SMILES string of the molecule is C.C.C.C.C.C.C.CC(=O)c1ccc(Br)cc1F.CCOC(=O)C(=N)SC.CCOC(=O)c1ncc(-c2ccc(Br)cc2F)[nH]1.CNOC.CON(C)C(=O)c1ccc(Br)cc1F.Cl.NCC(=O)c1ccc(Br)cc1F.O=C(CBr)c1ccc(Br)cc1F.O=C(O)c1ccc(Br)cc1F. The lowest BCUT2D eigenvalue weighted by Crippen LogP contribution is -2.26. The number of carbonyl (C=O) groups is 7. The highest BCUT2D eigenvalue weighted by molar-refractivity contribution is 9.11. The molecular formula is C66H86Br7ClF6N6O12S. The van der Waals surface area contributed by atoms with Crippen LogP contribution in [0.5, 0.6) is 0 Å². The van der Waals surface area contributed by atoms with Crippen molar-refractivity contribution in [3.8, 4) is 11.3 Å². The molecule has 1 aromatic heterocycles. The standard InChI is InChI=1S/C12H10BrFN2O2.C9H9BrFNO2.C8H5Br2FO.C8H7BrFNO.C8H6BrFO.C7H4BrFO2.C5H9NO2S.C2H7NO.7CH4.ClH/c1-2-18-12(17)11-15-6-10(16-11)8-4-3-7(13)5-9(8)14;1-12(14-2)9(13)7-4-3-6(10)5-8(7)11;9-4-8(12)6-2-1-5(10)3-7(6)11;9-5-1-2-6(7(10)3-5)8(12)4-11;1-5(11)7-3-2-6(9)4-8(7)10;8-4-1-2-5(7(10)11)6(9)3-4;1-3-8-5(7)4(6)9-2;1-3-4-2;;;;;;;;/h3-6H,2H2,1H3,(H,15,16);3-5H,1-2H3;1-3H,4H2;1-3H,4,11H2;2-4H,1H3;1-3H,(H,10,11);6H,3H2,1-2H3;3H,1-2H3;7*1H4;1H. The number of Topliss-reactive ketones (excluding diaryl/α,β-unsaturated/α-hetero) is 3. The number of alkyl halides is 1. The van der Waals surface area contributed by atoms with Crippen molar-refractivity contribution in [3.05, 3.63) is 211 Å². The van der Waals surface area contributed by atoms with Crippen molar-refractivity contribution in [2.24, 2.45) is 5.73 Å². The van der Waals surface area contributed by atoms with E-state index in [-0.39, 0.29) is 139 Å². The fourth-order valence-electron chi connectivity index (χ4n) is 5.72. The molecule has 0 aliphatic rings. The Morgan fingerprint density at radius 2 is 0.939 bits per heavy atom. The monoisotopic (exact) mass is 1890 g/mol. The predicted molar refractivity (Wildman–Crippen MR) is 414 cm³/mol. The van der Waals surface area contributed by atoms with Gasteiger partial charge in [-0.2, -0.15) is 0 Å². The van der Waals surface area contributed by atoms with Gasteiger partial charge in [0.1, 0.15) is 34.9 Å². The number of hydrogen-bond donors (Lipinski definition) is 5. The predicted octanol–water partition coefficient (Wildman–Crippen LogP) is 20.9. The van der Waals surface area contributed by atoms with Crippen LogP contribution in [0.25, 0.3) is 11.3 Å². The second kappa shape index (κ2) is 61.2. The first-order chi connectivity index (χ1) is 42.8. The maximum absolute atomic E-state index is 13.7. The summed E-state index contributed by atoms with van der Waals surface area (Å²) in [6.45, 7) is 5.19. The molecule has 33 heteroatoms. The number of carboxylic acids is 1. The number of nitrogens with one attached hydrogen (secondary N) is 3. The number of H-pyrrole nitrogens is 1. The van der Waals surface area contributed by atoms with Gasteiger partial charge in [0.15, 0.2) is 22.4 Å². The number of hydrogen-bond acceptors (Lipinski definition) is 16. The highest BCUT2D eigenvalue weighted by atomic mass is 79.9. The highest BCUT2D eigenvalue weighted by Gasteiger charge is 2.18. The number of aromatic nitrogens is 2. The molecule has 18 nitrogen and oxygen atoms in total. The number of hydroxylamine groups is 3. The van der Waals surface area contributed by atoms with Crippen molar-refractivity contribution < 1.29 is 84.2 Å². The fourth-order valence-corrected chi connectivity index (χ4v) is 8.24. The summed E-state index contributed by atoms with van der Waals surface area (Å²) < 4.78 is 91.4. The van der Waals surface area contributed by atoms with Crippen molar-refractivity contribution in [2.45, 2.75) is 72.8 Å². The van der Waals surface area contributed by atoms with E-state index in [1.165, 1.54) is 94.0 Å². The number of nitrogens with two attached hydrogens (primary N) is 1. The van der Waals surface area contributed by atoms with Gasteiger partial charge in [-0.25, -0.2) is 56.3 Å². The zero-order valence-corrected chi connectivity index (χ0v) is 62.2. The van der Waals surface area contributed by atoms with Gasteiger partial charge in [0.2, 0.25) is 5.82 Å². The Hall–Kier alpha value is -5.49. The molecule has 0 spiro atoms. The van der Waals surface area contributed by atoms with Crippen molar-refractivity contribution >= 4 is 182 Å². The van der Waals surface area contributed by atoms with E-state index < -0.39 is 58.7 Å². The van der Waals surface area contributed by atoms with E-state index in [2.05, 4.69) is 141 Å². The van der Waals surface area contributed by atoms with Gasteiger partial charge in [-0.05, 0) is 136 Å². The third kappa shape index (κ3) is 43.2. The van der Waals surface area contributed by atoms with Gasteiger partial charge >= 0.3 is 17.9 Å². The lowest BCUT2D eigenvalue weighted by molar-refractivity contribution is -0.134. The topological polar surface area (TPSA) is 270 Å². The van der Waals surface area contributed by atoms with E-state index in [9.17, 15) is 59.9 Å². The summed E-state index contributed by atoms with van der Waals surface area (Å²) >= 11 is 22.6. The van der Waals surface area contributed by atoms with E-state index in [0.717, 1.165) is 22.9 Å². The van der Waals surface area contributed by atoms with E-state index in [1.54, 1.807) is 70.7 Å². The van der Waals surface area contributed by atoms with Gasteiger partial charge < -0.3 is 30.1 Å². The number of ether oxygens (including phenoxy) is 2. The molecule has 99 heavy (non-hydrogen) atoms. The van der Waals surface area contributed by atoms with Crippen LogP contribution >= 0.6 is 136 Å². The Morgan fingerprint density at radius 3 is 1.24 bits per heavy atom. The minimum atomic E-state index is -1.25. The number of carbonyl (C=O) groups excluding carboxylic acids is 6. The van der Waals surface area contributed by atoms with Crippen LogP contribution in [-0.4, -0.2) is 126 Å². The number of imidazole rings is 1. The Balaban J connectivity index is -0.000000134. The van der Waals surface area contributed by atoms with Crippen LogP contribution in [0.15, 0.2) is 142 Å². The molecule has 0 fully saturated rings. The van der Waals surface area contributed by atoms with E-state index in [1.807, 2.05) is 0 Å². The average molecular weight is 1900 g/mol. The van der Waals surface area contributed by atoms with Crippen LogP contribution in [0, 0.1) is 40.3 Å². The largest absolute Gasteiger partial charge is 0.478 e. The number of rotatable bonds is 13. The van der Waals surface area contributed by atoms with Crippen LogP contribution in [0.2, 0.25) is 0 Å². The Bertz CT molecular complexity index is 3470. The van der Waals surface area contributed by atoms with E-state index >= 15 is 0 Å². The average Bonchev–Trinajstić information content (AvgIpc) is 1.73. The summed E-state index contributed by atoms with van der Waals surface area (Å²) in [5, 5.41) is 16.4. The smallest absolute Gasteiger partial charge is 0.374 e. The lowest BCUT2D eigenvalue weighted by atomic mass is 10.1. The maximum Gasteiger partial charge on any atom is 0.374 e. The highest BCUT2D eigenvalue weighted by Crippen LogP contribution is 2.25. The summed E-state index contributed by atoms with van der Waals surface area (Å²) in [6, 6.07) is 25.7. The summed E-state index contributed by atoms with van der Waals surface area (Å²) in [4.78, 5) is 91.9. The van der Waals surface area contributed by atoms with Gasteiger partial charge in [0, 0.05) is 46.5 Å². The summed E-state index contributed by atoms with van der Waals surface area (Å²) in [7, 11) is 6.04. The molecule has 0 saturated heterocycles. The second-order valence-corrected chi connectivity index (χ2v) is 23.2. The lowest BCUT2D eigenvalue weighted by Gasteiger charge is -2.13. The number of aromatic amines is 1. The van der Waals surface area contributed by atoms with Gasteiger partial charge in [-0.1, -0.05) is 163 Å². The summed E-state index contributed by atoms with van der Waals surface area (Å²) in [6.07, 6.45) is 3.07. The molecule has 0 unspecified atom stereocenters. The first-order valence-corrected chi connectivity index (χ1v) is 32.2. The molecule has 0 aliphatic carbocycles. The second-order valence-electron chi connectivity index (χ2n) is 16.3. The molecular weight excluding hydrogens is 1810 g/mol. The Kier molecular flexibility index (Phi) is 69.3. The van der Waals surface area contributed by atoms with Crippen molar-refractivity contribution in [3.63, 3.8) is 0 Å². The van der Waals surface area contributed by atoms with Crippen molar-refractivity contribution in [1.82, 2.24) is 20.5 Å². The minimum absolute atomic E-state index is 0. The van der Waals surface area contributed by atoms with Crippen molar-refractivity contribution in [1.29, 1.82) is 5.41 Å². The van der Waals surface area contributed by atoms with Crippen LogP contribution in [0.3, 0.4) is 0 Å². The maximum atomic E-state index is 13.7. The number of ketones is 3. The molecule has 6 N–H and O–H groups in total. The van der Waals surface area contributed by atoms with Gasteiger partial charge in [-0.15, -0.1) is 24.2 Å². The quantitative estimate of drug-likeness (QED) is 0.0137. The first-order valence-electron chi connectivity index (χ1n) is 25.1. The number of thioether (sulfide) groups is 1. The molecule has 0 aliphatic heterocycles. The van der Waals surface area contributed by atoms with Crippen LogP contribution in [0.1, 0.15) is 135 Å². The molecule has 0 atom stereocenters. The third-order valence-electron chi connectivity index (χ3n) is 10.1. The first kappa shape index (κ1) is 112. The Labute approximate surface area is 646 Å². The summed E-state index contributed by atoms with van der Waals surface area (Å²) in [5.74, 6) is -6.91. The van der Waals surface area contributed by atoms with Gasteiger partial charge in [-0.3, -0.25) is 29.4 Å². The molecule has 6 aromatic carbocycles. The molecule has 7 aromatic rings. The summed E-state index contributed by atoms with van der Waals surface area (Å²) in [5.41, 5.74) is 8.26. The molecule has 0 bridgehead atoms. The molecule has 0 saturated carbocycles. The molecule has 1 heterocycles. The van der Waals surface area contributed by atoms with Crippen LogP contribution < -0.4 is 11.2 Å². The zero-order valence-electron chi connectivity index (χ0n) is 49.4. The number of aromatic carboxylic acids is 1. The number of amides is 1. The van der Waals surface area contributed by atoms with Crippen LogP contribution in [-0.2, 0) is 23.9 Å². The normalized spacial score (nSPS) is 8.95. The number of esters is 2. The Morgan fingerprint density at radius 1 is 0.596 bits per heavy atom. The van der Waals surface area contributed by atoms with Gasteiger partial charge in [0.25, 0.3) is 5.91 Å². The van der Waals surface area contributed by atoms with Gasteiger partial charge in [0.05, 0.1) is 79.0 Å². The molecule has 7 rings (SSSR count). The van der Waals surface area contributed by atoms with Crippen molar-refractivity contribution in [2.75, 3.05) is 59.7 Å².